The Bertz CT molecular complexity index is 1670. The topological polar surface area (TPSA) is 116 Å². The number of hydrogen-bond donors (Lipinski definition) is 2. The van der Waals surface area contributed by atoms with Gasteiger partial charge in [0.1, 0.15) is 10.9 Å². The zero-order chi connectivity index (χ0) is 30.4. The van der Waals surface area contributed by atoms with E-state index < -0.39 is 33.9 Å². The van der Waals surface area contributed by atoms with Crippen molar-refractivity contribution in [3.05, 3.63) is 76.3 Å². The van der Waals surface area contributed by atoms with E-state index >= 15 is 0 Å². The lowest BCUT2D eigenvalue weighted by molar-refractivity contribution is -0.142. The molecule has 0 radical (unpaired) electrons. The number of nitrogens with zero attached hydrogens (tertiary/aromatic N) is 2. The van der Waals surface area contributed by atoms with Gasteiger partial charge in [-0.25, -0.2) is 13.1 Å². The van der Waals surface area contributed by atoms with Gasteiger partial charge in [-0.3, -0.25) is 14.4 Å². The lowest BCUT2D eigenvalue weighted by Gasteiger charge is -2.39. The Morgan fingerprint density at radius 2 is 1.60 bits per heavy atom. The molecule has 2 aliphatic heterocycles. The molecule has 3 atom stereocenters. The maximum atomic E-state index is 13.8. The number of benzene rings is 3. The number of carbonyl (C=O) groups excluding carboxylic acids is 3. The van der Waals surface area contributed by atoms with Gasteiger partial charge in [0, 0.05) is 23.7 Å². The molecule has 42 heavy (non-hydrogen) atoms. The van der Waals surface area contributed by atoms with Gasteiger partial charge in [0.25, 0.3) is 5.91 Å². The van der Waals surface area contributed by atoms with Gasteiger partial charge in [0.2, 0.25) is 21.8 Å². The first-order valence-electron chi connectivity index (χ1n) is 13.6. The highest BCUT2D eigenvalue weighted by Gasteiger charge is 2.49. The number of halogens is 2. The third-order valence-electron chi connectivity index (χ3n) is 7.84. The fraction of sp³-hybridized carbons (Fsp3) is 0.367. The molecule has 222 valence electrons. The molecule has 2 heterocycles. The molecule has 2 N–H and O–H groups in total. The van der Waals surface area contributed by atoms with Gasteiger partial charge in [0.15, 0.2) is 0 Å². The van der Waals surface area contributed by atoms with Crippen LogP contribution < -0.4 is 10.0 Å². The molecular weight excluding hydrogens is 599 g/mol. The van der Waals surface area contributed by atoms with E-state index in [1.54, 1.807) is 15.9 Å². The maximum absolute atomic E-state index is 13.8. The number of nitrogens with one attached hydrogen (secondary N) is 2. The molecule has 3 amide bonds. The van der Waals surface area contributed by atoms with Gasteiger partial charge in [-0.05, 0) is 52.9 Å². The molecule has 0 unspecified atom stereocenters. The average Bonchev–Trinajstić information content (AvgIpc) is 3.56. The van der Waals surface area contributed by atoms with Gasteiger partial charge in [0.05, 0.1) is 23.7 Å². The third kappa shape index (κ3) is 6.13. The third-order valence-corrected chi connectivity index (χ3v) is 9.96. The van der Waals surface area contributed by atoms with Crippen LogP contribution in [0.4, 0.5) is 0 Å². The summed E-state index contributed by atoms with van der Waals surface area (Å²) in [5, 5.41) is 5.11. The molecule has 0 saturated carbocycles. The van der Waals surface area contributed by atoms with Crippen molar-refractivity contribution in [1.29, 1.82) is 0 Å². The Morgan fingerprint density at radius 3 is 2.26 bits per heavy atom. The van der Waals surface area contributed by atoms with E-state index in [1.165, 1.54) is 18.2 Å². The number of fused-ring (bicyclic) bond motifs is 3. The summed E-state index contributed by atoms with van der Waals surface area (Å²) in [5.41, 5.74) is -0.0992. The van der Waals surface area contributed by atoms with Crippen LogP contribution in [0.15, 0.2) is 65.6 Å². The molecule has 12 heteroatoms. The van der Waals surface area contributed by atoms with E-state index in [9.17, 15) is 22.8 Å². The molecule has 2 saturated heterocycles. The van der Waals surface area contributed by atoms with E-state index in [2.05, 4.69) is 10.0 Å². The highest BCUT2D eigenvalue weighted by molar-refractivity contribution is 7.89. The fourth-order valence-corrected chi connectivity index (χ4v) is 7.36. The van der Waals surface area contributed by atoms with Crippen LogP contribution in [0.2, 0.25) is 10.0 Å². The summed E-state index contributed by atoms with van der Waals surface area (Å²) >= 11 is 12.0. The minimum atomic E-state index is -4.07. The zero-order valence-electron chi connectivity index (χ0n) is 23.4. The van der Waals surface area contributed by atoms with Crippen LogP contribution in [0, 0.1) is 5.41 Å². The summed E-state index contributed by atoms with van der Waals surface area (Å²) < 4.78 is 27.8. The molecule has 9 nitrogen and oxygen atoms in total. The van der Waals surface area contributed by atoms with E-state index in [0.717, 1.165) is 10.8 Å². The SMILES string of the molecule is CC(C)(C)[C@H](NC(=O)c1ccc2ccccc2c1)C(=O)N1C[C@@H]2C[C@H]1CN2C(=O)CNS(=O)(=O)c1cc(Cl)ccc1Cl. The Kier molecular flexibility index (Phi) is 8.28. The normalized spacial score (nSPS) is 19.3. The number of likely N-dealkylation sites (tertiary alicyclic amines) is 2. The van der Waals surface area contributed by atoms with Crippen molar-refractivity contribution in [2.24, 2.45) is 5.41 Å². The van der Waals surface area contributed by atoms with Crippen LogP contribution in [-0.2, 0) is 19.6 Å². The lowest BCUT2D eigenvalue weighted by Crippen LogP contribution is -2.59. The Labute approximate surface area is 255 Å². The highest BCUT2D eigenvalue weighted by Crippen LogP contribution is 2.33. The number of rotatable bonds is 7. The Hall–Kier alpha value is -3.18. The minimum Gasteiger partial charge on any atom is -0.340 e. The number of sulfonamides is 1. The number of carbonyl (C=O) groups is 3. The van der Waals surface area contributed by atoms with Crippen LogP contribution in [-0.4, -0.2) is 73.7 Å². The van der Waals surface area contributed by atoms with Crippen molar-refractivity contribution in [3.8, 4) is 0 Å². The van der Waals surface area contributed by atoms with E-state index in [0.29, 0.717) is 18.5 Å². The maximum Gasteiger partial charge on any atom is 0.251 e. The first-order valence-corrected chi connectivity index (χ1v) is 15.8. The van der Waals surface area contributed by atoms with E-state index in [-0.39, 0.29) is 45.4 Å². The molecule has 0 aromatic heterocycles. The van der Waals surface area contributed by atoms with Gasteiger partial charge >= 0.3 is 0 Å². The molecule has 2 aliphatic rings. The average molecular weight is 632 g/mol. The summed E-state index contributed by atoms with van der Waals surface area (Å²) in [4.78, 5) is 43.2. The standard InChI is InChI=1S/C30H32Cl2N4O5S/c1-30(2,3)27(34-28(38)20-9-8-18-6-4-5-7-19(18)12-20)29(39)36-17-22-14-23(36)16-35(22)26(37)15-33-42(40,41)25-13-21(31)10-11-24(25)32/h4-13,22-23,27,33H,14-17H2,1-3H3,(H,34,38)/t22-,23-,27+/m0/s1. The predicted octanol–water partition coefficient (Wildman–Crippen LogP) is 4.08. The second-order valence-corrected chi connectivity index (χ2v) is 14.4. The van der Waals surface area contributed by atoms with Crippen molar-refractivity contribution >= 4 is 61.7 Å². The molecular formula is C30H32Cl2N4O5S. The fourth-order valence-electron chi connectivity index (χ4n) is 5.62. The Morgan fingerprint density at radius 1 is 0.929 bits per heavy atom. The summed E-state index contributed by atoms with van der Waals surface area (Å²) in [5.74, 6) is -0.928. The van der Waals surface area contributed by atoms with E-state index in [1.807, 2.05) is 57.2 Å². The largest absolute Gasteiger partial charge is 0.340 e. The number of amides is 3. The summed E-state index contributed by atoms with van der Waals surface area (Å²) in [6.45, 7) is 5.84. The van der Waals surface area contributed by atoms with Crippen LogP contribution in [0.1, 0.15) is 37.6 Å². The summed E-state index contributed by atoms with van der Waals surface area (Å²) in [7, 11) is -4.07. The molecule has 3 aromatic rings. The summed E-state index contributed by atoms with van der Waals surface area (Å²) in [6.07, 6.45) is 0.583. The quantitative estimate of drug-likeness (QED) is 0.408. The van der Waals surface area contributed by atoms with Crippen LogP contribution in [0.25, 0.3) is 10.8 Å². The van der Waals surface area contributed by atoms with Gasteiger partial charge in [-0.15, -0.1) is 0 Å². The van der Waals surface area contributed by atoms with Crippen molar-refractivity contribution in [2.75, 3.05) is 19.6 Å². The highest BCUT2D eigenvalue weighted by atomic mass is 35.5. The van der Waals surface area contributed by atoms with Crippen molar-refractivity contribution < 1.29 is 22.8 Å². The minimum absolute atomic E-state index is 0.00478. The molecule has 3 aromatic carbocycles. The summed E-state index contributed by atoms with van der Waals surface area (Å²) in [6, 6.07) is 16.0. The number of piperazine rings is 1. The second kappa shape index (κ2) is 11.5. The van der Waals surface area contributed by atoms with Crippen molar-refractivity contribution in [3.63, 3.8) is 0 Å². The van der Waals surface area contributed by atoms with Crippen LogP contribution in [0.5, 0.6) is 0 Å². The molecule has 2 fully saturated rings. The predicted molar refractivity (Wildman–Crippen MR) is 162 cm³/mol. The number of hydrogen-bond acceptors (Lipinski definition) is 5. The zero-order valence-corrected chi connectivity index (χ0v) is 25.8. The second-order valence-electron chi connectivity index (χ2n) is 11.8. The first-order chi connectivity index (χ1) is 19.7. The van der Waals surface area contributed by atoms with Gasteiger partial charge < -0.3 is 15.1 Å². The van der Waals surface area contributed by atoms with Crippen molar-refractivity contribution in [1.82, 2.24) is 19.8 Å². The van der Waals surface area contributed by atoms with Crippen molar-refractivity contribution in [2.45, 2.75) is 50.2 Å². The van der Waals surface area contributed by atoms with Crippen LogP contribution in [0.3, 0.4) is 0 Å². The van der Waals surface area contributed by atoms with E-state index in [4.69, 9.17) is 23.2 Å². The molecule has 0 spiro atoms. The Balaban J connectivity index is 1.23. The van der Waals surface area contributed by atoms with Gasteiger partial charge in [-0.2, -0.15) is 0 Å². The molecule has 0 aliphatic carbocycles. The monoisotopic (exact) mass is 630 g/mol. The molecule has 5 rings (SSSR count). The van der Waals surface area contributed by atoms with Crippen LogP contribution >= 0.6 is 23.2 Å². The molecule has 2 bridgehead atoms. The lowest BCUT2D eigenvalue weighted by atomic mass is 9.85. The first kappa shape index (κ1) is 30.3. The van der Waals surface area contributed by atoms with Gasteiger partial charge in [-0.1, -0.05) is 74.3 Å². The smallest absolute Gasteiger partial charge is 0.251 e.